The summed E-state index contributed by atoms with van der Waals surface area (Å²) >= 11 is 0. The Morgan fingerprint density at radius 2 is 2.25 bits per heavy atom. The molecule has 1 aromatic rings. The normalized spacial score (nSPS) is 15.2. The lowest BCUT2D eigenvalue weighted by atomic mass is 9.92. The van der Waals surface area contributed by atoms with Crippen molar-refractivity contribution in [3.05, 3.63) is 23.8 Å². The van der Waals surface area contributed by atoms with Crippen molar-refractivity contribution in [2.75, 3.05) is 6.61 Å². The topological polar surface area (TPSA) is 26.3 Å². The monoisotopic (exact) mass is 160 g/mol. The van der Waals surface area contributed by atoms with Crippen molar-refractivity contribution in [3.63, 3.8) is 0 Å². The van der Waals surface area contributed by atoms with Crippen molar-refractivity contribution in [3.8, 4) is 5.75 Å². The molecule has 0 N–H and O–H groups in total. The fourth-order valence-corrected chi connectivity index (χ4v) is 1.38. The maximum atomic E-state index is 11.4. The van der Waals surface area contributed by atoms with Crippen molar-refractivity contribution >= 4 is 19.1 Å². The van der Waals surface area contributed by atoms with Gasteiger partial charge in [-0.3, -0.25) is 4.79 Å². The number of ether oxygens (including phenoxy) is 1. The summed E-state index contributed by atoms with van der Waals surface area (Å²) in [6.45, 7) is 0.523. The predicted octanol–water partition coefficient (Wildman–Crippen LogP) is -0.0898. The third-order valence-corrected chi connectivity index (χ3v) is 2.02. The smallest absolute Gasteiger partial charge is 0.169 e. The highest BCUT2D eigenvalue weighted by atomic mass is 16.5. The molecule has 1 aliphatic rings. The maximum Gasteiger partial charge on any atom is 0.169 e. The lowest BCUT2D eigenvalue weighted by Crippen LogP contribution is -2.17. The second-order valence-electron chi connectivity index (χ2n) is 3.02. The Balaban J connectivity index is 2.54. The van der Waals surface area contributed by atoms with Crippen LogP contribution in [0.2, 0.25) is 0 Å². The molecule has 0 atom stereocenters. The Morgan fingerprint density at radius 1 is 1.42 bits per heavy atom. The number of carbonyl (C=O) groups is 1. The van der Waals surface area contributed by atoms with E-state index in [0.717, 1.165) is 16.8 Å². The number of ketones is 1. The molecule has 2 nitrogen and oxygen atoms in total. The Labute approximate surface area is 71.9 Å². The minimum atomic E-state index is 0.194. The molecule has 0 saturated heterocycles. The van der Waals surface area contributed by atoms with E-state index in [0.29, 0.717) is 13.0 Å². The van der Waals surface area contributed by atoms with Gasteiger partial charge in [0.25, 0.3) is 0 Å². The maximum absolute atomic E-state index is 11.4. The van der Waals surface area contributed by atoms with Gasteiger partial charge >= 0.3 is 0 Å². The summed E-state index contributed by atoms with van der Waals surface area (Å²) in [5.41, 5.74) is 1.84. The fourth-order valence-electron chi connectivity index (χ4n) is 1.38. The second-order valence-corrected chi connectivity index (χ2v) is 3.02. The van der Waals surface area contributed by atoms with Crippen LogP contribution < -0.4 is 10.2 Å². The van der Waals surface area contributed by atoms with Crippen LogP contribution in [0.5, 0.6) is 5.75 Å². The van der Waals surface area contributed by atoms with E-state index in [-0.39, 0.29) is 5.78 Å². The van der Waals surface area contributed by atoms with E-state index in [4.69, 9.17) is 4.74 Å². The number of fused-ring (bicyclic) bond motifs is 1. The van der Waals surface area contributed by atoms with Gasteiger partial charge in [0, 0.05) is 6.42 Å². The van der Waals surface area contributed by atoms with Crippen molar-refractivity contribution in [1.29, 1.82) is 0 Å². The van der Waals surface area contributed by atoms with Crippen LogP contribution in [-0.4, -0.2) is 20.2 Å². The summed E-state index contributed by atoms with van der Waals surface area (Å²) in [5, 5.41) is 0. The molecule has 0 spiro atoms. The molecule has 60 valence electrons. The molecule has 0 radical (unpaired) electrons. The molecule has 0 amide bonds. The minimum Gasteiger partial charge on any atom is -0.492 e. The summed E-state index contributed by atoms with van der Waals surface area (Å²) < 4.78 is 5.33. The van der Waals surface area contributed by atoms with Gasteiger partial charge in [-0.05, 0) is 6.07 Å². The predicted molar refractivity (Wildman–Crippen MR) is 49.1 cm³/mol. The van der Waals surface area contributed by atoms with Gasteiger partial charge in [-0.15, -0.1) is 0 Å². The summed E-state index contributed by atoms with van der Waals surface area (Å²) in [7, 11) is 1.97. The zero-order valence-corrected chi connectivity index (χ0v) is 6.96. The van der Waals surface area contributed by atoms with Gasteiger partial charge in [-0.1, -0.05) is 17.6 Å². The highest BCUT2D eigenvalue weighted by Gasteiger charge is 2.17. The highest BCUT2D eigenvalue weighted by Crippen LogP contribution is 2.22. The van der Waals surface area contributed by atoms with Gasteiger partial charge in [0.05, 0.1) is 12.2 Å². The third kappa shape index (κ3) is 1.11. The van der Waals surface area contributed by atoms with Crippen LogP contribution in [0.4, 0.5) is 0 Å². The summed E-state index contributed by atoms with van der Waals surface area (Å²) in [6.07, 6.45) is 0.510. The van der Waals surface area contributed by atoms with E-state index in [9.17, 15) is 4.79 Å². The first kappa shape index (κ1) is 7.41. The van der Waals surface area contributed by atoms with E-state index in [1.165, 1.54) is 0 Å². The summed E-state index contributed by atoms with van der Waals surface area (Å²) in [5.74, 6) is 0.928. The third-order valence-electron chi connectivity index (χ3n) is 2.02. The number of benzene rings is 1. The first-order chi connectivity index (χ1) is 5.77. The lowest BCUT2D eigenvalue weighted by Gasteiger charge is -2.16. The highest BCUT2D eigenvalue weighted by molar-refractivity contribution is 6.32. The molecule has 2 rings (SSSR count). The number of hydrogen-bond donors (Lipinski definition) is 0. The van der Waals surface area contributed by atoms with Gasteiger partial charge in [-0.25, -0.2) is 0 Å². The van der Waals surface area contributed by atoms with Gasteiger partial charge < -0.3 is 4.74 Å². The molecule has 0 bridgehead atoms. The van der Waals surface area contributed by atoms with Crippen molar-refractivity contribution in [1.82, 2.24) is 0 Å². The van der Waals surface area contributed by atoms with Crippen LogP contribution in [-0.2, 0) is 0 Å². The van der Waals surface area contributed by atoms with Gasteiger partial charge in [-0.2, -0.15) is 0 Å². The molecule has 0 aromatic heterocycles. The van der Waals surface area contributed by atoms with Crippen LogP contribution in [0.1, 0.15) is 16.8 Å². The van der Waals surface area contributed by atoms with Gasteiger partial charge in [0.2, 0.25) is 0 Å². The fraction of sp³-hybridized carbons (Fsp3) is 0.222. The average molecular weight is 160 g/mol. The molecule has 1 aromatic carbocycles. The molecular formula is C9H9BO2. The average Bonchev–Trinajstić information content (AvgIpc) is 2.07. The van der Waals surface area contributed by atoms with E-state index < -0.39 is 0 Å². The van der Waals surface area contributed by atoms with E-state index >= 15 is 0 Å². The van der Waals surface area contributed by atoms with Crippen LogP contribution in [0.15, 0.2) is 18.2 Å². The molecule has 12 heavy (non-hydrogen) atoms. The van der Waals surface area contributed by atoms with Crippen LogP contribution >= 0.6 is 0 Å². The largest absolute Gasteiger partial charge is 0.492 e. The lowest BCUT2D eigenvalue weighted by molar-refractivity contribution is 0.0933. The first-order valence-electron chi connectivity index (χ1n) is 4.04. The Bertz CT molecular complexity index is 333. The number of rotatable bonds is 0. The molecule has 1 heterocycles. The SMILES string of the molecule is Bc1ccc2c(c1)C(=O)CCO2. The van der Waals surface area contributed by atoms with E-state index in [1.807, 2.05) is 26.0 Å². The molecule has 0 saturated carbocycles. The Kier molecular flexibility index (Phi) is 1.64. The van der Waals surface area contributed by atoms with Crippen LogP contribution in [0.3, 0.4) is 0 Å². The minimum absolute atomic E-state index is 0.194. The Hall–Kier alpha value is -1.25. The number of Topliss-reactive ketones (excluding diaryl/α,β-unsaturated/α-hetero) is 1. The van der Waals surface area contributed by atoms with Crippen molar-refractivity contribution in [2.45, 2.75) is 6.42 Å². The van der Waals surface area contributed by atoms with E-state index in [1.54, 1.807) is 0 Å². The molecular weight excluding hydrogens is 151 g/mol. The number of hydrogen-bond acceptors (Lipinski definition) is 2. The van der Waals surface area contributed by atoms with Crippen LogP contribution in [0.25, 0.3) is 0 Å². The zero-order valence-electron chi connectivity index (χ0n) is 6.96. The standard InChI is InChI=1S/C9H9BO2/c10-6-1-2-9-7(5-6)8(11)3-4-12-9/h1-2,5H,3-4,10H2. The Morgan fingerprint density at radius 3 is 3.08 bits per heavy atom. The van der Waals surface area contributed by atoms with Crippen LogP contribution in [0, 0.1) is 0 Å². The number of carbonyl (C=O) groups excluding carboxylic acids is 1. The van der Waals surface area contributed by atoms with Gasteiger partial charge in [0.15, 0.2) is 5.78 Å². The zero-order chi connectivity index (χ0) is 8.55. The quantitative estimate of drug-likeness (QED) is 0.495. The van der Waals surface area contributed by atoms with Gasteiger partial charge in [0.1, 0.15) is 13.6 Å². The molecule has 1 aliphatic heterocycles. The molecule has 0 aliphatic carbocycles. The molecule has 0 fully saturated rings. The van der Waals surface area contributed by atoms with Crippen molar-refractivity contribution < 1.29 is 9.53 Å². The van der Waals surface area contributed by atoms with Crippen molar-refractivity contribution in [2.24, 2.45) is 0 Å². The van der Waals surface area contributed by atoms with E-state index in [2.05, 4.69) is 0 Å². The summed E-state index contributed by atoms with van der Waals surface area (Å²) in [4.78, 5) is 11.4. The molecule has 0 unspecified atom stereocenters. The second kappa shape index (κ2) is 2.66. The molecule has 3 heteroatoms. The summed E-state index contributed by atoms with van der Waals surface area (Å²) in [6, 6.07) is 5.70. The first-order valence-corrected chi connectivity index (χ1v) is 4.04.